The Kier molecular flexibility index (Phi) is 4.21. The molecule has 0 unspecified atom stereocenters. The molecule has 14 heavy (non-hydrogen) atoms. The number of aryl methyl sites for hydroxylation is 1. The minimum Gasteiger partial charge on any atom is -0.341 e. The van der Waals surface area contributed by atoms with Crippen LogP contribution in [0.2, 0.25) is 0 Å². The van der Waals surface area contributed by atoms with Crippen molar-refractivity contribution in [3.8, 4) is 10.8 Å². The number of halogens is 1. The monoisotopic (exact) mass is 251 g/mol. The van der Waals surface area contributed by atoms with Gasteiger partial charge in [-0.3, -0.25) is 4.79 Å². The molecule has 0 bridgehead atoms. The van der Waals surface area contributed by atoms with Crippen LogP contribution in [0.5, 0.6) is 0 Å². The van der Waals surface area contributed by atoms with E-state index in [9.17, 15) is 4.79 Å². The Labute approximate surface area is 91.8 Å². The second-order valence-corrected chi connectivity index (χ2v) is 3.23. The third-order valence-corrected chi connectivity index (χ3v) is 2.06. The molecule has 1 amide bonds. The third-order valence-electron chi connectivity index (χ3n) is 1.86. The van der Waals surface area contributed by atoms with Gasteiger partial charge in [0.05, 0.1) is 0 Å². The number of hydrogen-bond acceptors (Lipinski definition) is 1. The van der Waals surface area contributed by atoms with Crippen LogP contribution in [-0.4, -0.2) is 5.91 Å². The highest BCUT2D eigenvalue weighted by Gasteiger charge is 1.98. The Morgan fingerprint density at radius 2 is 2.21 bits per heavy atom. The van der Waals surface area contributed by atoms with Crippen molar-refractivity contribution in [3.05, 3.63) is 35.4 Å². The molecule has 0 aliphatic heterocycles. The van der Waals surface area contributed by atoms with E-state index in [-0.39, 0.29) is 5.91 Å². The van der Waals surface area contributed by atoms with E-state index < -0.39 is 0 Å². The first-order chi connectivity index (χ1) is 6.74. The summed E-state index contributed by atoms with van der Waals surface area (Å²) in [7, 11) is 0. The Morgan fingerprint density at radius 1 is 1.50 bits per heavy atom. The molecule has 0 saturated heterocycles. The van der Waals surface area contributed by atoms with Crippen molar-refractivity contribution in [2.75, 3.05) is 0 Å². The van der Waals surface area contributed by atoms with Gasteiger partial charge in [0.1, 0.15) is 0 Å². The lowest BCUT2D eigenvalue weighted by Crippen LogP contribution is -2.21. The van der Waals surface area contributed by atoms with E-state index in [0.717, 1.165) is 5.56 Å². The average Bonchev–Trinajstić information content (AvgIpc) is 2.17. The van der Waals surface area contributed by atoms with E-state index in [0.29, 0.717) is 6.54 Å². The molecule has 0 saturated carbocycles. The SMILES string of the molecule is Cc1ccccc1CNC(=O)C#CBr. The quantitative estimate of drug-likeness (QED) is 0.801. The van der Waals surface area contributed by atoms with Crippen LogP contribution in [-0.2, 0) is 11.3 Å². The molecule has 0 aromatic heterocycles. The third kappa shape index (κ3) is 3.23. The maximum absolute atomic E-state index is 11.0. The zero-order valence-electron chi connectivity index (χ0n) is 7.80. The first-order valence-corrected chi connectivity index (χ1v) is 4.97. The first-order valence-electron chi connectivity index (χ1n) is 4.18. The molecular formula is C11H10BrNO. The van der Waals surface area contributed by atoms with E-state index in [4.69, 9.17) is 0 Å². The van der Waals surface area contributed by atoms with E-state index in [2.05, 4.69) is 32.0 Å². The molecular weight excluding hydrogens is 242 g/mol. The van der Waals surface area contributed by atoms with Crippen molar-refractivity contribution in [2.45, 2.75) is 13.5 Å². The highest BCUT2D eigenvalue weighted by atomic mass is 79.9. The van der Waals surface area contributed by atoms with Gasteiger partial charge in [0.25, 0.3) is 5.91 Å². The Hall–Kier alpha value is -1.27. The fraction of sp³-hybridized carbons (Fsp3) is 0.182. The standard InChI is InChI=1S/C11H10BrNO/c1-9-4-2-3-5-10(9)8-13-11(14)6-7-12/h2-5H,8H2,1H3,(H,13,14). The van der Waals surface area contributed by atoms with Crippen LogP contribution in [0.1, 0.15) is 11.1 Å². The average molecular weight is 252 g/mol. The van der Waals surface area contributed by atoms with E-state index >= 15 is 0 Å². The highest BCUT2D eigenvalue weighted by molar-refractivity contribution is 9.12. The lowest BCUT2D eigenvalue weighted by Gasteiger charge is -2.04. The summed E-state index contributed by atoms with van der Waals surface area (Å²) in [6.45, 7) is 2.53. The van der Waals surface area contributed by atoms with E-state index in [1.165, 1.54) is 5.56 Å². The number of carbonyl (C=O) groups excluding carboxylic acids is 1. The van der Waals surface area contributed by atoms with E-state index in [1.54, 1.807) is 0 Å². The molecule has 1 aromatic rings. The Morgan fingerprint density at radius 3 is 2.86 bits per heavy atom. The summed E-state index contributed by atoms with van der Waals surface area (Å²) in [6.07, 6.45) is 0. The summed E-state index contributed by atoms with van der Waals surface area (Å²) < 4.78 is 0. The number of amides is 1. The first kappa shape index (κ1) is 10.8. The second kappa shape index (κ2) is 5.46. The smallest absolute Gasteiger partial charge is 0.297 e. The number of carbonyl (C=O) groups is 1. The van der Waals surface area contributed by atoms with Crippen molar-refractivity contribution in [2.24, 2.45) is 0 Å². The van der Waals surface area contributed by atoms with Crippen molar-refractivity contribution >= 4 is 21.8 Å². The van der Waals surface area contributed by atoms with Gasteiger partial charge < -0.3 is 5.32 Å². The Bertz CT molecular complexity index is 390. The molecule has 0 fully saturated rings. The van der Waals surface area contributed by atoms with Gasteiger partial charge in [-0.25, -0.2) is 0 Å². The van der Waals surface area contributed by atoms with Crippen LogP contribution in [0.3, 0.4) is 0 Å². The molecule has 2 nitrogen and oxygen atoms in total. The fourth-order valence-corrected chi connectivity index (χ4v) is 1.25. The molecule has 0 heterocycles. The van der Waals surface area contributed by atoms with Gasteiger partial charge in [-0.1, -0.05) is 24.3 Å². The van der Waals surface area contributed by atoms with Crippen molar-refractivity contribution < 1.29 is 4.79 Å². The van der Waals surface area contributed by atoms with Crippen LogP contribution in [0.4, 0.5) is 0 Å². The van der Waals surface area contributed by atoms with Crippen molar-refractivity contribution in [3.63, 3.8) is 0 Å². The molecule has 0 aliphatic carbocycles. The van der Waals surface area contributed by atoms with Crippen LogP contribution in [0, 0.1) is 17.7 Å². The molecule has 0 aliphatic rings. The van der Waals surface area contributed by atoms with Crippen LogP contribution < -0.4 is 5.32 Å². The summed E-state index contributed by atoms with van der Waals surface area (Å²) >= 11 is 2.87. The minimum atomic E-state index is -0.273. The number of nitrogens with one attached hydrogen (secondary N) is 1. The van der Waals surface area contributed by atoms with Crippen LogP contribution in [0.25, 0.3) is 0 Å². The number of rotatable bonds is 2. The second-order valence-electron chi connectivity index (χ2n) is 2.83. The zero-order valence-corrected chi connectivity index (χ0v) is 9.39. The predicted octanol–water partition coefficient (Wildman–Crippen LogP) is 1.97. The number of hydrogen-bond donors (Lipinski definition) is 1. The van der Waals surface area contributed by atoms with Crippen LogP contribution in [0.15, 0.2) is 24.3 Å². The molecule has 0 atom stereocenters. The largest absolute Gasteiger partial charge is 0.341 e. The fourth-order valence-electron chi connectivity index (χ4n) is 1.07. The van der Waals surface area contributed by atoms with Gasteiger partial charge in [0, 0.05) is 28.4 Å². The maximum atomic E-state index is 11.0. The zero-order chi connectivity index (χ0) is 10.4. The van der Waals surface area contributed by atoms with Crippen molar-refractivity contribution in [1.29, 1.82) is 0 Å². The van der Waals surface area contributed by atoms with Gasteiger partial charge in [0.15, 0.2) is 0 Å². The Balaban J connectivity index is 2.57. The van der Waals surface area contributed by atoms with Gasteiger partial charge >= 0.3 is 0 Å². The summed E-state index contributed by atoms with van der Waals surface area (Å²) in [5.41, 5.74) is 2.27. The van der Waals surface area contributed by atoms with Gasteiger partial charge in [-0.2, -0.15) is 0 Å². The molecule has 0 spiro atoms. The summed E-state index contributed by atoms with van der Waals surface area (Å²) in [6, 6.07) is 7.92. The lowest BCUT2D eigenvalue weighted by atomic mass is 10.1. The molecule has 0 radical (unpaired) electrons. The van der Waals surface area contributed by atoms with Gasteiger partial charge in [0.2, 0.25) is 0 Å². The molecule has 1 aromatic carbocycles. The maximum Gasteiger partial charge on any atom is 0.297 e. The highest BCUT2D eigenvalue weighted by Crippen LogP contribution is 2.05. The predicted molar refractivity (Wildman–Crippen MR) is 59.7 cm³/mol. The van der Waals surface area contributed by atoms with Gasteiger partial charge in [-0.15, -0.1) is 0 Å². The van der Waals surface area contributed by atoms with E-state index in [1.807, 2.05) is 31.2 Å². The number of benzene rings is 1. The molecule has 3 heteroatoms. The van der Waals surface area contributed by atoms with Gasteiger partial charge in [-0.05, 0) is 22.9 Å². The lowest BCUT2D eigenvalue weighted by molar-refractivity contribution is -0.115. The molecule has 1 N–H and O–H groups in total. The molecule has 1 rings (SSSR count). The van der Waals surface area contributed by atoms with Crippen molar-refractivity contribution in [1.82, 2.24) is 5.32 Å². The summed E-state index contributed by atoms with van der Waals surface area (Å²) in [4.78, 5) is 13.4. The topological polar surface area (TPSA) is 29.1 Å². The van der Waals surface area contributed by atoms with Crippen LogP contribution >= 0.6 is 15.9 Å². The normalized spacial score (nSPS) is 8.71. The summed E-state index contributed by atoms with van der Waals surface area (Å²) in [5, 5.41) is 2.70. The minimum absolute atomic E-state index is 0.273. The summed E-state index contributed by atoms with van der Waals surface area (Å²) in [5.74, 6) is 2.08. The molecule has 72 valence electrons.